The molecule has 0 aromatic carbocycles. The van der Waals surface area contributed by atoms with E-state index in [2.05, 4.69) is 23.9 Å². The van der Waals surface area contributed by atoms with Gasteiger partial charge in [0.1, 0.15) is 0 Å². The van der Waals surface area contributed by atoms with Crippen molar-refractivity contribution in [3.63, 3.8) is 0 Å². The van der Waals surface area contributed by atoms with Crippen molar-refractivity contribution in [3.05, 3.63) is 45.9 Å². The van der Waals surface area contributed by atoms with Gasteiger partial charge in [0, 0.05) is 24.6 Å². The maximum Gasteiger partial charge on any atom is 0.288 e. The van der Waals surface area contributed by atoms with Crippen LogP contribution in [0.2, 0.25) is 5.15 Å². The van der Waals surface area contributed by atoms with Gasteiger partial charge >= 0.3 is 0 Å². The van der Waals surface area contributed by atoms with Gasteiger partial charge in [0.25, 0.3) is 5.56 Å². The first kappa shape index (κ1) is 12.8. The SMILES string of the molecule is CCC(C)n1ccc(Cn2ccnc(Cl)c2=O)n1. The highest BCUT2D eigenvalue weighted by molar-refractivity contribution is 6.29. The number of aromatic nitrogens is 4. The molecule has 0 fully saturated rings. The molecular weight excluding hydrogens is 252 g/mol. The Kier molecular flexibility index (Phi) is 3.81. The number of hydrogen-bond donors (Lipinski definition) is 0. The average Bonchev–Trinajstić information content (AvgIpc) is 2.82. The molecule has 2 aromatic heterocycles. The summed E-state index contributed by atoms with van der Waals surface area (Å²) >= 11 is 5.69. The molecular formula is C12H15ClN4O. The van der Waals surface area contributed by atoms with Crippen molar-refractivity contribution in [3.8, 4) is 0 Å². The Morgan fingerprint density at radius 3 is 2.94 bits per heavy atom. The molecule has 0 bridgehead atoms. The smallest absolute Gasteiger partial charge is 0.288 e. The maximum atomic E-state index is 11.7. The predicted octanol–water partition coefficient (Wildman–Crippen LogP) is 2.11. The monoisotopic (exact) mass is 266 g/mol. The summed E-state index contributed by atoms with van der Waals surface area (Å²) in [5.41, 5.74) is 0.539. The quantitative estimate of drug-likeness (QED) is 0.852. The molecule has 0 amide bonds. The molecule has 6 heteroatoms. The van der Waals surface area contributed by atoms with E-state index in [-0.39, 0.29) is 10.7 Å². The Morgan fingerprint density at radius 2 is 2.22 bits per heavy atom. The van der Waals surface area contributed by atoms with Gasteiger partial charge in [0.15, 0.2) is 5.15 Å². The Bertz CT molecular complexity index is 590. The molecule has 0 spiro atoms. The van der Waals surface area contributed by atoms with Gasteiger partial charge in [0.05, 0.1) is 12.2 Å². The number of rotatable bonds is 4. The van der Waals surface area contributed by atoms with Crippen molar-refractivity contribution in [2.45, 2.75) is 32.9 Å². The maximum absolute atomic E-state index is 11.7. The average molecular weight is 267 g/mol. The van der Waals surface area contributed by atoms with E-state index < -0.39 is 0 Å². The molecule has 18 heavy (non-hydrogen) atoms. The second-order valence-electron chi connectivity index (χ2n) is 4.20. The topological polar surface area (TPSA) is 52.7 Å². The van der Waals surface area contributed by atoms with Gasteiger partial charge in [-0.25, -0.2) is 4.98 Å². The van der Waals surface area contributed by atoms with Crippen molar-refractivity contribution in [2.24, 2.45) is 0 Å². The Hall–Kier alpha value is -1.62. The second-order valence-corrected chi connectivity index (χ2v) is 4.55. The zero-order chi connectivity index (χ0) is 13.1. The lowest BCUT2D eigenvalue weighted by molar-refractivity contribution is 0.472. The zero-order valence-corrected chi connectivity index (χ0v) is 11.1. The van der Waals surface area contributed by atoms with Crippen molar-refractivity contribution in [2.75, 3.05) is 0 Å². The van der Waals surface area contributed by atoms with Gasteiger partial charge < -0.3 is 4.57 Å². The summed E-state index contributed by atoms with van der Waals surface area (Å²) in [6, 6.07) is 2.27. The van der Waals surface area contributed by atoms with Crippen LogP contribution in [0.5, 0.6) is 0 Å². The minimum Gasteiger partial charge on any atom is -0.305 e. The summed E-state index contributed by atoms with van der Waals surface area (Å²) in [4.78, 5) is 15.4. The van der Waals surface area contributed by atoms with E-state index in [1.807, 2.05) is 16.9 Å². The molecule has 0 aliphatic rings. The molecule has 0 saturated carbocycles. The van der Waals surface area contributed by atoms with Crippen LogP contribution >= 0.6 is 11.6 Å². The van der Waals surface area contributed by atoms with Gasteiger partial charge in [-0.15, -0.1) is 0 Å². The fourth-order valence-corrected chi connectivity index (χ4v) is 1.78. The normalized spacial score (nSPS) is 12.6. The van der Waals surface area contributed by atoms with E-state index in [4.69, 9.17) is 11.6 Å². The lowest BCUT2D eigenvalue weighted by Crippen LogP contribution is -2.21. The van der Waals surface area contributed by atoms with Gasteiger partial charge in [0.2, 0.25) is 0 Å². The van der Waals surface area contributed by atoms with E-state index in [9.17, 15) is 4.79 Å². The molecule has 1 unspecified atom stereocenters. The van der Waals surface area contributed by atoms with Crippen LogP contribution in [-0.2, 0) is 6.54 Å². The van der Waals surface area contributed by atoms with E-state index >= 15 is 0 Å². The molecule has 0 radical (unpaired) electrons. The van der Waals surface area contributed by atoms with Crippen LogP contribution < -0.4 is 5.56 Å². The molecule has 2 rings (SSSR count). The highest BCUT2D eigenvalue weighted by atomic mass is 35.5. The number of nitrogens with zero attached hydrogens (tertiary/aromatic N) is 4. The van der Waals surface area contributed by atoms with Crippen molar-refractivity contribution in [1.82, 2.24) is 19.3 Å². The largest absolute Gasteiger partial charge is 0.305 e. The van der Waals surface area contributed by atoms with Gasteiger partial charge in [-0.3, -0.25) is 9.48 Å². The van der Waals surface area contributed by atoms with E-state index in [0.29, 0.717) is 12.6 Å². The Labute approximate surface area is 110 Å². The van der Waals surface area contributed by atoms with Crippen LogP contribution in [0.4, 0.5) is 0 Å². The summed E-state index contributed by atoms with van der Waals surface area (Å²) in [6.45, 7) is 4.62. The molecule has 0 saturated heterocycles. The molecule has 2 heterocycles. The summed E-state index contributed by atoms with van der Waals surface area (Å²) in [5, 5.41) is 4.43. The Balaban J connectivity index is 2.22. The number of hydrogen-bond acceptors (Lipinski definition) is 3. The van der Waals surface area contributed by atoms with Crippen molar-refractivity contribution < 1.29 is 0 Å². The highest BCUT2D eigenvalue weighted by Crippen LogP contribution is 2.09. The summed E-state index contributed by atoms with van der Waals surface area (Å²) < 4.78 is 3.40. The van der Waals surface area contributed by atoms with Crippen molar-refractivity contribution in [1.29, 1.82) is 0 Å². The molecule has 96 valence electrons. The van der Waals surface area contributed by atoms with Gasteiger partial charge in [-0.2, -0.15) is 5.10 Å². The van der Waals surface area contributed by atoms with Crippen LogP contribution in [0, 0.1) is 0 Å². The Morgan fingerprint density at radius 1 is 1.44 bits per heavy atom. The first-order chi connectivity index (χ1) is 8.61. The molecule has 2 aromatic rings. The van der Waals surface area contributed by atoms with E-state index in [1.54, 1.807) is 6.20 Å². The molecule has 5 nitrogen and oxygen atoms in total. The van der Waals surface area contributed by atoms with Gasteiger partial charge in [-0.1, -0.05) is 18.5 Å². The first-order valence-electron chi connectivity index (χ1n) is 5.86. The van der Waals surface area contributed by atoms with E-state index in [1.165, 1.54) is 10.8 Å². The molecule has 0 aliphatic heterocycles. The third-order valence-electron chi connectivity index (χ3n) is 2.91. The molecule has 0 aliphatic carbocycles. The zero-order valence-electron chi connectivity index (χ0n) is 10.4. The standard InChI is InChI=1S/C12H15ClN4O/c1-3-9(2)17-6-4-10(15-17)8-16-7-5-14-11(13)12(16)18/h4-7,9H,3,8H2,1-2H3. The third-order valence-corrected chi connectivity index (χ3v) is 3.17. The fourth-order valence-electron chi connectivity index (χ4n) is 1.61. The van der Waals surface area contributed by atoms with Crippen molar-refractivity contribution >= 4 is 11.6 Å². The first-order valence-corrected chi connectivity index (χ1v) is 6.24. The predicted molar refractivity (Wildman–Crippen MR) is 69.8 cm³/mol. The van der Waals surface area contributed by atoms with Crippen LogP contribution in [-0.4, -0.2) is 19.3 Å². The second kappa shape index (κ2) is 5.35. The minimum absolute atomic E-state index is 0.0149. The van der Waals surface area contributed by atoms with Crippen LogP contribution in [0.3, 0.4) is 0 Å². The van der Waals surface area contributed by atoms with Gasteiger partial charge in [-0.05, 0) is 19.4 Å². The fraction of sp³-hybridized carbons (Fsp3) is 0.417. The van der Waals surface area contributed by atoms with Crippen LogP contribution in [0.25, 0.3) is 0 Å². The van der Waals surface area contributed by atoms with E-state index in [0.717, 1.165) is 12.1 Å². The van der Waals surface area contributed by atoms with Crippen LogP contribution in [0.1, 0.15) is 32.0 Å². The lowest BCUT2D eigenvalue weighted by atomic mass is 10.3. The lowest BCUT2D eigenvalue weighted by Gasteiger charge is -2.08. The summed E-state index contributed by atoms with van der Waals surface area (Å²) in [5.74, 6) is 0. The number of halogens is 1. The molecule has 0 N–H and O–H groups in total. The third kappa shape index (κ3) is 2.61. The van der Waals surface area contributed by atoms with Crippen LogP contribution in [0.15, 0.2) is 29.5 Å². The summed E-state index contributed by atoms with van der Waals surface area (Å²) in [6.07, 6.45) is 6.06. The summed E-state index contributed by atoms with van der Waals surface area (Å²) in [7, 11) is 0. The highest BCUT2D eigenvalue weighted by Gasteiger charge is 2.07. The minimum atomic E-state index is -0.294. The molecule has 1 atom stereocenters.